The lowest BCUT2D eigenvalue weighted by Gasteiger charge is -2.20. The van der Waals surface area contributed by atoms with Crippen molar-refractivity contribution < 1.29 is 9.18 Å². The number of carbonyl (C=O) groups is 1. The van der Waals surface area contributed by atoms with Gasteiger partial charge in [0.25, 0.3) is 0 Å². The molecule has 5 rings (SSSR count). The van der Waals surface area contributed by atoms with Gasteiger partial charge in [0.2, 0.25) is 5.91 Å². The summed E-state index contributed by atoms with van der Waals surface area (Å²) in [5.74, 6) is 0.137. The molecule has 174 valence electrons. The molecule has 1 N–H and O–H groups in total. The van der Waals surface area contributed by atoms with Crippen LogP contribution in [0.25, 0.3) is 23.4 Å². The maximum absolute atomic E-state index is 13.8. The number of amides is 1. The van der Waals surface area contributed by atoms with Crippen LogP contribution in [0.1, 0.15) is 40.9 Å². The molecule has 0 spiro atoms. The second-order valence-electron chi connectivity index (χ2n) is 8.69. The lowest BCUT2D eigenvalue weighted by molar-refractivity contribution is -0.116. The van der Waals surface area contributed by atoms with Crippen LogP contribution in [0.3, 0.4) is 0 Å². The number of halogens is 1. The van der Waals surface area contributed by atoms with Crippen LogP contribution in [0.4, 0.5) is 10.2 Å². The zero-order valence-corrected chi connectivity index (χ0v) is 19.4. The number of nitrogens with zero attached hydrogens (tertiary/aromatic N) is 2. The molecule has 0 fully saturated rings. The van der Waals surface area contributed by atoms with Gasteiger partial charge >= 0.3 is 0 Å². The third kappa shape index (κ3) is 5.52. The van der Waals surface area contributed by atoms with Crippen LogP contribution >= 0.6 is 0 Å². The van der Waals surface area contributed by atoms with E-state index in [1.807, 2.05) is 60.7 Å². The van der Waals surface area contributed by atoms with Crippen LogP contribution in [-0.4, -0.2) is 15.9 Å². The van der Waals surface area contributed by atoms with Crippen LogP contribution in [0.15, 0.2) is 78.9 Å². The highest BCUT2D eigenvalue weighted by Crippen LogP contribution is 2.33. The van der Waals surface area contributed by atoms with Crippen molar-refractivity contribution in [1.29, 1.82) is 0 Å². The van der Waals surface area contributed by atoms with Crippen molar-refractivity contribution in [3.8, 4) is 11.3 Å². The van der Waals surface area contributed by atoms with Crippen LogP contribution in [0.5, 0.6) is 0 Å². The Morgan fingerprint density at radius 1 is 0.914 bits per heavy atom. The maximum Gasteiger partial charge on any atom is 0.225 e. The summed E-state index contributed by atoms with van der Waals surface area (Å²) in [6, 6.07) is 24.9. The van der Waals surface area contributed by atoms with Crippen molar-refractivity contribution in [3.63, 3.8) is 0 Å². The van der Waals surface area contributed by atoms with Gasteiger partial charge in [-0.25, -0.2) is 14.4 Å². The van der Waals surface area contributed by atoms with E-state index >= 15 is 0 Å². The fourth-order valence-corrected chi connectivity index (χ4v) is 4.37. The molecule has 1 amide bonds. The molecular weight excluding hydrogens is 437 g/mol. The van der Waals surface area contributed by atoms with Crippen molar-refractivity contribution >= 4 is 23.9 Å². The van der Waals surface area contributed by atoms with Crippen LogP contribution in [-0.2, 0) is 24.1 Å². The van der Waals surface area contributed by atoms with Crippen LogP contribution in [0, 0.1) is 5.82 Å². The molecule has 0 saturated carbocycles. The van der Waals surface area contributed by atoms with Gasteiger partial charge in [-0.2, -0.15) is 0 Å². The van der Waals surface area contributed by atoms with Gasteiger partial charge in [0, 0.05) is 12.0 Å². The van der Waals surface area contributed by atoms with Crippen molar-refractivity contribution in [3.05, 3.63) is 113 Å². The highest BCUT2D eigenvalue weighted by molar-refractivity contribution is 5.92. The van der Waals surface area contributed by atoms with E-state index in [1.165, 1.54) is 11.6 Å². The zero-order valence-electron chi connectivity index (χ0n) is 19.4. The van der Waals surface area contributed by atoms with Crippen molar-refractivity contribution in [2.75, 3.05) is 5.32 Å². The molecule has 5 heteroatoms. The summed E-state index contributed by atoms with van der Waals surface area (Å²) in [6.45, 7) is 0. The second-order valence-corrected chi connectivity index (χ2v) is 8.69. The van der Waals surface area contributed by atoms with Crippen molar-refractivity contribution in [2.24, 2.45) is 0 Å². The summed E-state index contributed by atoms with van der Waals surface area (Å²) < 4.78 is 13.8. The topological polar surface area (TPSA) is 54.9 Å². The highest BCUT2D eigenvalue weighted by Gasteiger charge is 2.22. The molecule has 0 radical (unpaired) electrons. The number of rotatable bonds is 7. The van der Waals surface area contributed by atoms with E-state index in [9.17, 15) is 9.18 Å². The SMILES string of the molecule is O=C(CCCc1ccccc1)Nc1nc2c(nc1C=Cc1ccccc1)-c1ccc(F)cc1CC2. The molecule has 0 aliphatic heterocycles. The Morgan fingerprint density at radius 3 is 2.49 bits per heavy atom. The lowest BCUT2D eigenvalue weighted by Crippen LogP contribution is -2.17. The molecule has 1 aliphatic rings. The number of aromatic nitrogens is 2. The molecule has 1 aliphatic carbocycles. The highest BCUT2D eigenvalue weighted by atomic mass is 19.1. The van der Waals surface area contributed by atoms with Crippen LogP contribution < -0.4 is 5.32 Å². The van der Waals surface area contributed by atoms with E-state index in [1.54, 1.807) is 12.1 Å². The minimum absolute atomic E-state index is 0.0807. The molecule has 0 atom stereocenters. The Morgan fingerprint density at radius 2 is 1.69 bits per heavy atom. The molecule has 0 saturated heterocycles. The van der Waals surface area contributed by atoms with Crippen LogP contribution in [0.2, 0.25) is 0 Å². The van der Waals surface area contributed by atoms with Gasteiger partial charge in [0.1, 0.15) is 11.5 Å². The molecule has 0 bridgehead atoms. The summed E-state index contributed by atoms with van der Waals surface area (Å²) >= 11 is 0. The Bertz CT molecular complexity index is 1370. The first kappa shape index (κ1) is 22.7. The molecule has 0 unspecified atom stereocenters. The first-order valence-electron chi connectivity index (χ1n) is 11.9. The smallest absolute Gasteiger partial charge is 0.225 e. The molecule has 4 aromatic rings. The number of benzene rings is 3. The monoisotopic (exact) mass is 463 g/mol. The largest absolute Gasteiger partial charge is 0.309 e. The Hall–Kier alpha value is -4.12. The molecule has 4 nitrogen and oxygen atoms in total. The second kappa shape index (κ2) is 10.4. The van der Waals surface area contributed by atoms with Gasteiger partial charge in [-0.15, -0.1) is 0 Å². The first-order valence-corrected chi connectivity index (χ1v) is 11.9. The van der Waals surface area contributed by atoms with Gasteiger partial charge in [-0.1, -0.05) is 66.7 Å². The molecule has 1 aromatic heterocycles. The summed E-state index contributed by atoms with van der Waals surface area (Å²) in [7, 11) is 0. The number of nitrogens with one attached hydrogen (secondary N) is 1. The average molecular weight is 464 g/mol. The Balaban J connectivity index is 1.41. The predicted octanol–water partition coefficient (Wildman–Crippen LogP) is 6.51. The van der Waals surface area contributed by atoms with Gasteiger partial charge < -0.3 is 5.32 Å². The Labute approximate surface area is 204 Å². The lowest BCUT2D eigenvalue weighted by atomic mass is 9.91. The molecule has 3 aromatic carbocycles. The number of fused-ring (bicyclic) bond motifs is 3. The fraction of sp³-hybridized carbons (Fsp3) is 0.167. The number of carbonyl (C=O) groups excluding carboxylic acids is 1. The number of aryl methyl sites for hydroxylation is 3. The van der Waals surface area contributed by atoms with E-state index in [0.717, 1.165) is 40.9 Å². The van der Waals surface area contributed by atoms with Gasteiger partial charge in [-0.05, 0) is 66.6 Å². The molecular formula is C30H26FN3O. The van der Waals surface area contributed by atoms with Crippen molar-refractivity contribution in [1.82, 2.24) is 9.97 Å². The van der Waals surface area contributed by atoms with E-state index < -0.39 is 0 Å². The Kier molecular flexibility index (Phi) is 6.75. The van der Waals surface area contributed by atoms with E-state index in [0.29, 0.717) is 30.8 Å². The average Bonchev–Trinajstić information content (AvgIpc) is 2.88. The third-order valence-corrected chi connectivity index (χ3v) is 6.15. The maximum atomic E-state index is 13.8. The predicted molar refractivity (Wildman–Crippen MR) is 138 cm³/mol. The number of anilines is 1. The zero-order chi connectivity index (χ0) is 24.0. The summed E-state index contributed by atoms with van der Waals surface area (Å²) in [4.78, 5) is 22.5. The quantitative estimate of drug-likeness (QED) is 0.340. The summed E-state index contributed by atoms with van der Waals surface area (Å²) in [5, 5.41) is 2.99. The van der Waals surface area contributed by atoms with Gasteiger partial charge in [-0.3, -0.25) is 4.79 Å². The van der Waals surface area contributed by atoms with Crippen molar-refractivity contribution in [2.45, 2.75) is 32.1 Å². The molecule has 1 heterocycles. The minimum atomic E-state index is -0.247. The summed E-state index contributed by atoms with van der Waals surface area (Å²) in [6.07, 6.45) is 7.17. The fourth-order valence-electron chi connectivity index (χ4n) is 4.37. The standard InChI is InChI=1S/C30H26FN3O/c31-24-16-17-25-23(20-24)15-19-26-29(25)32-27(18-14-22-10-5-2-6-11-22)30(33-26)34-28(35)13-7-12-21-8-3-1-4-9-21/h1-6,8-11,14,16-18,20H,7,12-13,15,19H2,(H,33,34,35). The van der Waals surface area contributed by atoms with E-state index in [-0.39, 0.29) is 11.7 Å². The number of hydrogen-bond donors (Lipinski definition) is 1. The summed E-state index contributed by atoms with van der Waals surface area (Å²) in [5.41, 5.74) is 6.23. The minimum Gasteiger partial charge on any atom is -0.309 e. The first-order chi connectivity index (χ1) is 17.2. The van der Waals surface area contributed by atoms with Gasteiger partial charge in [0.05, 0.1) is 11.4 Å². The van der Waals surface area contributed by atoms with Gasteiger partial charge in [0.15, 0.2) is 5.82 Å². The van der Waals surface area contributed by atoms with E-state index in [2.05, 4.69) is 17.4 Å². The number of hydrogen-bond acceptors (Lipinski definition) is 3. The third-order valence-electron chi connectivity index (χ3n) is 6.15. The normalized spacial score (nSPS) is 12.3. The molecule has 35 heavy (non-hydrogen) atoms. The van der Waals surface area contributed by atoms with E-state index in [4.69, 9.17) is 9.97 Å².